The number of alkyl halides is 3. The number of hydrogen-bond acceptors (Lipinski definition) is 6. The van der Waals surface area contributed by atoms with Crippen molar-refractivity contribution in [3.8, 4) is 17.3 Å². The predicted octanol–water partition coefficient (Wildman–Crippen LogP) is 4.14. The van der Waals surface area contributed by atoms with Gasteiger partial charge in [0.25, 0.3) is 11.2 Å². The van der Waals surface area contributed by atoms with Gasteiger partial charge in [0.15, 0.2) is 5.82 Å². The molecule has 29 heavy (non-hydrogen) atoms. The Balaban J connectivity index is 2.00. The fourth-order valence-corrected chi connectivity index (χ4v) is 2.35. The van der Waals surface area contributed by atoms with Crippen molar-refractivity contribution in [2.75, 3.05) is 0 Å². The first-order valence-corrected chi connectivity index (χ1v) is 7.88. The van der Waals surface area contributed by atoms with Gasteiger partial charge >= 0.3 is 6.18 Å². The van der Waals surface area contributed by atoms with E-state index in [9.17, 15) is 32.5 Å². The highest BCUT2D eigenvalue weighted by molar-refractivity contribution is 6.32. The van der Waals surface area contributed by atoms with Gasteiger partial charge in [-0.05, 0) is 6.07 Å². The van der Waals surface area contributed by atoms with E-state index < -0.39 is 33.7 Å². The third-order valence-corrected chi connectivity index (χ3v) is 3.80. The molecule has 8 nitrogen and oxygen atoms in total. The van der Waals surface area contributed by atoms with Crippen LogP contribution in [-0.2, 0) is 6.18 Å². The van der Waals surface area contributed by atoms with Gasteiger partial charge in [-0.25, -0.2) is 9.37 Å². The molecular weight excluding hydrogens is 424 g/mol. The molecule has 0 N–H and O–H groups in total. The van der Waals surface area contributed by atoms with E-state index in [-0.39, 0.29) is 28.4 Å². The van der Waals surface area contributed by atoms with Crippen LogP contribution in [0.5, 0.6) is 11.6 Å². The molecule has 0 aliphatic carbocycles. The summed E-state index contributed by atoms with van der Waals surface area (Å²) in [7, 11) is 0. The van der Waals surface area contributed by atoms with E-state index in [1.54, 1.807) is 0 Å². The van der Waals surface area contributed by atoms with Crippen LogP contribution in [-0.4, -0.2) is 19.7 Å². The maximum Gasteiger partial charge on any atom is 0.418 e. The lowest BCUT2D eigenvalue weighted by molar-refractivity contribution is -0.385. The van der Waals surface area contributed by atoms with E-state index in [0.717, 1.165) is 30.5 Å². The van der Waals surface area contributed by atoms with Crippen LogP contribution in [0.4, 0.5) is 23.2 Å². The van der Waals surface area contributed by atoms with Crippen molar-refractivity contribution in [3.63, 3.8) is 0 Å². The molecule has 3 aromatic rings. The van der Waals surface area contributed by atoms with Crippen LogP contribution in [0, 0.1) is 15.9 Å². The fourth-order valence-electron chi connectivity index (χ4n) is 2.16. The Morgan fingerprint density at radius 3 is 2.45 bits per heavy atom. The zero-order valence-corrected chi connectivity index (χ0v) is 14.6. The summed E-state index contributed by atoms with van der Waals surface area (Å²) in [6.07, 6.45) is -3.51. The minimum atomic E-state index is -4.79. The Hall–Kier alpha value is -3.54. The molecule has 2 aromatic heterocycles. The number of aromatic nitrogens is 3. The second-order valence-corrected chi connectivity index (χ2v) is 5.85. The molecule has 0 amide bonds. The fraction of sp³-hybridized carbons (Fsp3) is 0.0625. The van der Waals surface area contributed by atoms with Crippen LogP contribution < -0.4 is 10.3 Å². The van der Waals surface area contributed by atoms with E-state index in [2.05, 4.69) is 10.1 Å². The Labute approximate surface area is 163 Å². The van der Waals surface area contributed by atoms with Crippen molar-refractivity contribution in [2.24, 2.45) is 0 Å². The van der Waals surface area contributed by atoms with Gasteiger partial charge in [-0.2, -0.15) is 23.0 Å². The zero-order chi connectivity index (χ0) is 21.3. The molecule has 2 heterocycles. The third kappa shape index (κ3) is 4.32. The number of halogens is 5. The minimum Gasteiger partial charge on any atom is -0.437 e. The van der Waals surface area contributed by atoms with E-state index in [4.69, 9.17) is 16.3 Å². The van der Waals surface area contributed by atoms with Crippen LogP contribution in [0.2, 0.25) is 5.02 Å². The first-order chi connectivity index (χ1) is 13.6. The van der Waals surface area contributed by atoms with Crippen LogP contribution in [0.1, 0.15) is 5.56 Å². The highest BCUT2D eigenvalue weighted by atomic mass is 35.5. The summed E-state index contributed by atoms with van der Waals surface area (Å²) in [6.45, 7) is 0. The molecule has 0 saturated heterocycles. The standard InChI is InChI=1S/C16H7ClF4N4O4/c17-10-4-11(18)12(24-15(26)3-8(6-23-24)16(19,20)21)5-13(10)29-14-2-1-9(7-22-14)25(27)28/h1-7H. The maximum atomic E-state index is 14.3. The summed E-state index contributed by atoms with van der Waals surface area (Å²) >= 11 is 5.89. The number of nitrogens with zero attached hydrogens (tertiary/aromatic N) is 4. The van der Waals surface area contributed by atoms with Gasteiger partial charge in [-0.15, -0.1) is 0 Å². The van der Waals surface area contributed by atoms with Gasteiger partial charge in [-0.1, -0.05) is 11.6 Å². The maximum absolute atomic E-state index is 14.3. The van der Waals surface area contributed by atoms with E-state index >= 15 is 0 Å². The largest absolute Gasteiger partial charge is 0.437 e. The molecule has 0 fully saturated rings. The molecule has 3 rings (SSSR count). The van der Waals surface area contributed by atoms with Crippen LogP contribution in [0.15, 0.2) is 47.5 Å². The summed E-state index contributed by atoms with van der Waals surface area (Å²) < 4.78 is 58.0. The first-order valence-electron chi connectivity index (χ1n) is 7.50. The SMILES string of the molecule is O=c1cc(C(F)(F)F)cnn1-c1cc(Oc2ccc([N+](=O)[O-])cn2)c(Cl)cc1F. The molecule has 13 heteroatoms. The number of ether oxygens (including phenoxy) is 1. The van der Waals surface area contributed by atoms with Crippen molar-refractivity contribution in [2.45, 2.75) is 6.18 Å². The smallest absolute Gasteiger partial charge is 0.418 e. The van der Waals surface area contributed by atoms with Crippen molar-refractivity contribution in [3.05, 3.63) is 79.6 Å². The van der Waals surface area contributed by atoms with Crippen molar-refractivity contribution in [1.82, 2.24) is 14.8 Å². The van der Waals surface area contributed by atoms with Crippen LogP contribution in [0.25, 0.3) is 5.69 Å². The molecule has 0 aliphatic heterocycles. The quantitative estimate of drug-likeness (QED) is 0.350. The molecule has 0 saturated carbocycles. The molecule has 0 unspecified atom stereocenters. The van der Waals surface area contributed by atoms with E-state index in [1.165, 1.54) is 0 Å². The number of pyridine rings is 1. The number of nitro groups is 1. The number of benzene rings is 1. The second kappa shape index (κ2) is 7.47. The third-order valence-electron chi connectivity index (χ3n) is 3.50. The van der Waals surface area contributed by atoms with Crippen LogP contribution >= 0.6 is 11.6 Å². The summed E-state index contributed by atoms with van der Waals surface area (Å²) in [5.74, 6) is -1.39. The predicted molar refractivity (Wildman–Crippen MR) is 90.8 cm³/mol. The summed E-state index contributed by atoms with van der Waals surface area (Å²) in [4.78, 5) is 25.6. The van der Waals surface area contributed by atoms with E-state index in [0.29, 0.717) is 10.9 Å². The molecule has 0 aliphatic rings. The lowest BCUT2D eigenvalue weighted by atomic mass is 10.2. The van der Waals surface area contributed by atoms with Gasteiger partial charge < -0.3 is 4.74 Å². The molecule has 0 radical (unpaired) electrons. The molecule has 0 spiro atoms. The van der Waals surface area contributed by atoms with Gasteiger partial charge in [0.05, 0.1) is 21.7 Å². The number of hydrogen-bond donors (Lipinski definition) is 0. The van der Waals surface area contributed by atoms with Gasteiger partial charge in [-0.3, -0.25) is 14.9 Å². The molecule has 150 valence electrons. The van der Waals surface area contributed by atoms with Crippen molar-refractivity contribution < 1.29 is 27.2 Å². The highest BCUT2D eigenvalue weighted by Crippen LogP contribution is 2.33. The topological polar surface area (TPSA) is 100 Å². The lowest BCUT2D eigenvalue weighted by Crippen LogP contribution is -2.24. The molecule has 0 bridgehead atoms. The summed E-state index contributed by atoms with van der Waals surface area (Å²) in [6, 6.07) is 4.22. The molecule has 0 atom stereocenters. The normalized spacial score (nSPS) is 11.3. The molecular formula is C16H7ClF4N4O4. The Bertz CT molecular complexity index is 1150. The van der Waals surface area contributed by atoms with Crippen molar-refractivity contribution >= 4 is 17.3 Å². The summed E-state index contributed by atoms with van der Waals surface area (Å²) in [5.41, 5.74) is -3.35. The first kappa shape index (κ1) is 20.2. The monoisotopic (exact) mass is 430 g/mol. The second-order valence-electron chi connectivity index (χ2n) is 5.44. The average molecular weight is 431 g/mol. The molecule has 1 aromatic carbocycles. The van der Waals surface area contributed by atoms with Gasteiger partial charge in [0.2, 0.25) is 5.88 Å². The van der Waals surface area contributed by atoms with E-state index in [1.807, 2.05) is 0 Å². The lowest BCUT2D eigenvalue weighted by Gasteiger charge is -2.12. The highest BCUT2D eigenvalue weighted by Gasteiger charge is 2.32. The van der Waals surface area contributed by atoms with Crippen molar-refractivity contribution in [1.29, 1.82) is 0 Å². The minimum absolute atomic E-state index is 0.136. The zero-order valence-electron chi connectivity index (χ0n) is 13.9. The Morgan fingerprint density at radius 2 is 1.90 bits per heavy atom. The average Bonchev–Trinajstić information content (AvgIpc) is 2.64. The number of rotatable bonds is 4. The van der Waals surface area contributed by atoms with Gasteiger partial charge in [0.1, 0.15) is 17.6 Å². The Morgan fingerprint density at radius 1 is 1.17 bits per heavy atom. The van der Waals surface area contributed by atoms with Crippen LogP contribution in [0.3, 0.4) is 0 Å². The van der Waals surface area contributed by atoms with Gasteiger partial charge in [0, 0.05) is 24.3 Å². The summed E-state index contributed by atoms with van der Waals surface area (Å²) in [5, 5.41) is 13.7. The Kier molecular flexibility index (Phi) is 5.20.